The van der Waals surface area contributed by atoms with E-state index in [1.54, 1.807) is 19.2 Å². The van der Waals surface area contributed by atoms with Crippen molar-refractivity contribution in [2.75, 3.05) is 44.7 Å². The second-order valence-corrected chi connectivity index (χ2v) is 10.9. The van der Waals surface area contributed by atoms with Crippen molar-refractivity contribution < 1.29 is 9.18 Å². The Morgan fingerprint density at radius 3 is 2.67 bits per heavy atom. The highest BCUT2D eigenvalue weighted by molar-refractivity contribution is 6.07. The Labute approximate surface area is 226 Å². The first-order chi connectivity index (χ1) is 18.7. The highest BCUT2D eigenvalue weighted by atomic mass is 19.1. The number of halogens is 1. The van der Waals surface area contributed by atoms with E-state index in [0.29, 0.717) is 42.7 Å². The minimum absolute atomic E-state index is 0.0190. The van der Waals surface area contributed by atoms with E-state index in [0.717, 1.165) is 47.3 Å². The normalized spacial score (nSPS) is 20.4. The van der Waals surface area contributed by atoms with Crippen LogP contribution in [0.3, 0.4) is 0 Å². The van der Waals surface area contributed by atoms with Crippen LogP contribution in [-0.2, 0) is 6.42 Å². The molecule has 0 bridgehead atoms. The van der Waals surface area contributed by atoms with Crippen LogP contribution in [0.2, 0.25) is 0 Å². The van der Waals surface area contributed by atoms with Crippen molar-refractivity contribution in [2.24, 2.45) is 0 Å². The molecule has 3 aromatic heterocycles. The predicted octanol–water partition coefficient (Wildman–Crippen LogP) is 3.51. The molecule has 204 valence electrons. The summed E-state index contributed by atoms with van der Waals surface area (Å²) in [5, 5.41) is 6.02. The average molecular weight is 532 g/mol. The molecule has 2 saturated heterocycles. The molecule has 0 radical (unpaired) electrons. The smallest absolute Gasteiger partial charge is 0.259 e. The fraction of sp³-hybridized carbons (Fsp3) is 0.448. The molecule has 39 heavy (non-hydrogen) atoms. The summed E-state index contributed by atoms with van der Waals surface area (Å²) in [6, 6.07) is 7.25. The van der Waals surface area contributed by atoms with Gasteiger partial charge in [0, 0.05) is 43.2 Å². The largest absolute Gasteiger partial charge is 0.350 e. The number of rotatable bonds is 4. The van der Waals surface area contributed by atoms with Crippen LogP contribution in [0.4, 0.5) is 10.2 Å². The minimum atomic E-state index is -0.319. The van der Waals surface area contributed by atoms with Crippen molar-refractivity contribution in [2.45, 2.75) is 45.7 Å². The van der Waals surface area contributed by atoms with Gasteiger partial charge in [-0.25, -0.2) is 9.37 Å². The first-order valence-electron chi connectivity index (χ1n) is 13.7. The molecular weight excluding hydrogens is 497 g/mol. The maximum absolute atomic E-state index is 14.0. The molecule has 10 heteroatoms. The summed E-state index contributed by atoms with van der Waals surface area (Å²) in [6.45, 7) is 9.28. The number of aromatic nitrogens is 4. The number of pyridine rings is 2. The van der Waals surface area contributed by atoms with Gasteiger partial charge < -0.3 is 19.7 Å². The van der Waals surface area contributed by atoms with E-state index in [1.165, 1.54) is 6.07 Å². The number of aromatic amines is 1. The van der Waals surface area contributed by atoms with Crippen molar-refractivity contribution in [3.8, 4) is 0 Å². The molecule has 1 amide bonds. The summed E-state index contributed by atoms with van der Waals surface area (Å²) < 4.78 is 15.7. The van der Waals surface area contributed by atoms with E-state index >= 15 is 0 Å². The predicted molar refractivity (Wildman–Crippen MR) is 150 cm³/mol. The van der Waals surface area contributed by atoms with E-state index in [9.17, 15) is 14.0 Å². The second kappa shape index (κ2) is 9.75. The number of nitrogens with one attached hydrogen (secondary N) is 1. The fourth-order valence-corrected chi connectivity index (χ4v) is 6.15. The molecule has 4 aromatic rings. The summed E-state index contributed by atoms with van der Waals surface area (Å²) in [4.78, 5) is 40.7. The lowest BCUT2D eigenvalue weighted by molar-refractivity contribution is 0.0725. The fourth-order valence-electron chi connectivity index (χ4n) is 6.15. The van der Waals surface area contributed by atoms with Gasteiger partial charge >= 0.3 is 0 Å². The van der Waals surface area contributed by atoms with Gasteiger partial charge in [-0.05, 0) is 70.1 Å². The van der Waals surface area contributed by atoms with Crippen LogP contribution in [0, 0.1) is 12.7 Å². The third-order valence-electron chi connectivity index (χ3n) is 8.33. The minimum Gasteiger partial charge on any atom is -0.350 e. The van der Waals surface area contributed by atoms with Gasteiger partial charge in [0.1, 0.15) is 11.6 Å². The van der Waals surface area contributed by atoms with Crippen molar-refractivity contribution >= 4 is 33.5 Å². The number of benzene rings is 1. The summed E-state index contributed by atoms with van der Waals surface area (Å²) in [6.07, 6.45) is 3.27. The number of carbonyl (C=O) groups is 1. The van der Waals surface area contributed by atoms with Crippen LogP contribution in [0.5, 0.6) is 0 Å². The van der Waals surface area contributed by atoms with Gasteiger partial charge in [0.2, 0.25) is 0 Å². The Morgan fingerprint density at radius 1 is 1.15 bits per heavy atom. The Balaban J connectivity index is 1.36. The van der Waals surface area contributed by atoms with Gasteiger partial charge in [0.25, 0.3) is 11.5 Å². The zero-order valence-corrected chi connectivity index (χ0v) is 22.9. The molecule has 1 aromatic carbocycles. The van der Waals surface area contributed by atoms with E-state index in [1.807, 2.05) is 28.6 Å². The number of H-pyrrole nitrogens is 1. The van der Waals surface area contributed by atoms with Crippen molar-refractivity contribution in [3.05, 3.63) is 63.5 Å². The average Bonchev–Trinajstić information content (AvgIpc) is 3.56. The number of hydrogen-bond donors (Lipinski definition) is 1. The maximum atomic E-state index is 14.0. The standard InChI is InChI=1S/C29H34FN7O2/c1-5-19-12-25-22(27-23(28(38)33-25)14-31-37(27)20-8-9-34(4)16-20)13-21(19)29(39)35-10-11-36(17(2)15-35)26-7-6-24(30)18(3)32-26/h6-7,12-14,17,20H,5,8-11,15-16H2,1-4H3,(H,33,38)/t17-,20+/m1/s1. The number of aryl methyl sites for hydroxylation is 2. The van der Waals surface area contributed by atoms with Gasteiger partial charge in [0.15, 0.2) is 0 Å². The van der Waals surface area contributed by atoms with Crippen LogP contribution in [0.1, 0.15) is 47.9 Å². The van der Waals surface area contributed by atoms with E-state index in [2.05, 4.69) is 38.8 Å². The Bertz CT molecular complexity index is 1640. The Morgan fingerprint density at radius 2 is 1.97 bits per heavy atom. The SMILES string of the molecule is CCc1cc2[nH]c(=O)c3cnn([C@H]4CCN(C)C4)c3c2cc1C(=O)N1CCN(c2ccc(F)c(C)n2)[C@H](C)C1. The number of likely N-dealkylation sites (tertiary alicyclic amines) is 1. The number of carbonyl (C=O) groups excluding carboxylic acids is 1. The molecule has 2 aliphatic rings. The van der Waals surface area contributed by atoms with Gasteiger partial charge in [-0.2, -0.15) is 5.10 Å². The summed E-state index contributed by atoms with van der Waals surface area (Å²) in [7, 11) is 2.09. The lowest BCUT2D eigenvalue weighted by Gasteiger charge is -2.41. The van der Waals surface area contributed by atoms with Crippen molar-refractivity contribution in [1.82, 2.24) is 29.5 Å². The summed E-state index contributed by atoms with van der Waals surface area (Å²) in [5.74, 6) is 0.389. The number of piperazine rings is 1. The number of likely N-dealkylation sites (N-methyl/N-ethyl adjacent to an activating group) is 1. The number of nitrogens with zero attached hydrogens (tertiary/aromatic N) is 6. The molecule has 6 rings (SSSR count). The molecule has 2 atom stereocenters. The molecular formula is C29H34FN7O2. The zero-order chi connectivity index (χ0) is 27.4. The quantitative estimate of drug-likeness (QED) is 0.434. The van der Waals surface area contributed by atoms with Gasteiger partial charge in [0.05, 0.1) is 34.4 Å². The molecule has 0 aliphatic carbocycles. The summed E-state index contributed by atoms with van der Waals surface area (Å²) in [5.41, 5.74) is 3.29. The zero-order valence-electron chi connectivity index (χ0n) is 22.9. The third kappa shape index (κ3) is 4.36. The lowest BCUT2D eigenvalue weighted by Crippen LogP contribution is -2.54. The van der Waals surface area contributed by atoms with E-state index in [4.69, 9.17) is 0 Å². The number of anilines is 1. The van der Waals surface area contributed by atoms with Crippen LogP contribution < -0.4 is 10.5 Å². The van der Waals surface area contributed by atoms with Crippen LogP contribution in [0.15, 0.2) is 35.3 Å². The molecule has 0 spiro atoms. The van der Waals surface area contributed by atoms with Gasteiger partial charge in [-0.3, -0.25) is 14.3 Å². The summed E-state index contributed by atoms with van der Waals surface area (Å²) >= 11 is 0. The van der Waals surface area contributed by atoms with Crippen LogP contribution >= 0.6 is 0 Å². The third-order valence-corrected chi connectivity index (χ3v) is 8.33. The molecule has 1 N–H and O–H groups in total. The Hall–Kier alpha value is -3.79. The highest BCUT2D eigenvalue weighted by Crippen LogP contribution is 2.31. The van der Waals surface area contributed by atoms with Crippen LogP contribution in [0.25, 0.3) is 21.8 Å². The molecule has 5 heterocycles. The van der Waals surface area contributed by atoms with E-state index in [-0.39, 0.29) is 29.4 Å². The number of hydrogen-bond acceptors (Lipinski definition) is 6. The molecule has 9 nitrogen and oxygen atoms in total. The monoisotopic (exact) mass is 531 g/mol. The first-order valence-corrected chi connectivity index (χ1v) is 13.7. The van der Waals surface area contributed by atoms with Gasteiger partial charge in [-0.15, -0.1) is 0 Å². The maximum Gasteiger partial charge on any atom is 0.259 e. The molecule has 2 aliphatic heterocycles. The van der Waals surface area contributed by atoms with Crippen molar-refractivity contribution in [1.29, 1.82) is 0 Å². The number of amides is 1. The van der Waals surface area contributed by atoms with Crippen LogP contribution in [-0.4, -0.2) is 81.3 Å². The van der Waals surface area contributed by atoms with Crippen molar-refractivity contribution in [3.63, 3.8) is 0 Å². The Kier molecular flexibility index (Phi) is 6.37. The van der Waals surface area contributed by atoms with E-state index < -0.39 is 0 Å². The lowest BCUT2D eigenvalue weighted by atomic mass is 9.99. The highest BCUT2D eigenvalue weighted by Gasteiger charge is 2.30. The second-order valence-electron chi connectivity index (χ2n) is 10.9. The molecule has 0 unspecified atom stereocenters. The first kappa shape index (κ1) is 25.5. The van der Waals surface area contributed by atoms with Gasteiger partial charge in [-0.1, -0.05) is 6.92 Å². The topological polar surface area (TPSA) is 90.4 Å². The molecule has 2 fully saturated rings. The number of fused-ring (bicyclic) bond motifs is 3. The molecule has 0 saturated carbocycles.